The first-order valence-electron chi connectivity index (χ1n) is 5.76. The molecule has 0 spiro atoms. The smallest absolute Gasteiger partial charge is 0.361 e. The minimum absolute atomic E-state index is 0.217. The molecule has 8 heteroatoms. The van der Waals surface area contributed by atoms with E-state index >= 15 is 0 Å². The number of guanidine groups is 1. The molecule has 0 aliphatic carbocycles. The molecular weight excluding hydrogens is 261 g/mol. The van der Waals surface area contributed by atoms with Crippen LogP contribution in [-0.2, 0) is 6.54 Å². The summed E-state index contributed by atoms with van der Waals surface area (Å²) in [5.74, 6) is 0.986. The van der Waals surface area contributed by atoms with E-state index in [0.717, 1.165) is 11.3 Å². The van der Waals surface area contributed by atoms with Crippen LogP contribution in [0.25, 0.3) is 0 Å². The number of aryl methyl sites for hydroxylation is 2. The van der Waals surface area contributed by atoms with Gasteiger partial charge < -0.3 is 15.2 Å². The molecule has 0 aliphatic rings. The highest BCUT2D eigenvalue weighted by atomic mass is 19.4. The summed E-state index contributed by atoms with van der Waals surface area (Å²) in [6, 6.07) is 0. The van der Waals surface area contributed by atoms with E-state index in [1.807, 2.05) is 0 Å². The van der Waals surface area contributed by atoms with Crippen LogP contribution in [0.15, 0.2) is 9.52 Å². The predicted octanol–water partition coefficient (Wildman–Crippen LogP) is 1.91. The van der Waals surface area contributed by atoms with E-state index in [9.17, 15) is 13.2 Å². The average Bonchev–Trinajstić information content (AvgIpc) is 2.62. The molecule has 0 radical (unpaired) electrons. The quantitative estimate of drug-likeness (QED) is 0.652. The van der Waals surface area contributed by atoms with Crippen LogP contribution in [0.5, 0.6) is 0 Å². The fourth-order valence-corrected chi connectivity index (χ4v) is 1.47. The van der Waals surface area contributed by atoms with Gasteiger partial charge in [0.1, 0.15) is 5.76 Å². The third-order valence-electron chi connectivity index (χ3n) is 2.54. The van der Waals surface area contributed by atoms with E-state index in [1.54, 1.807) is 13.8 Å². The maximum absolute atomic E-state index is 12.0. The lowest BCUT2D eigenvalue weighted by molar-refractivity contribution is -0.132. The summed E-state index contributed by atoms with van der Waals surface area (Å²) < 4.78 is 41.0. The third kappa shape index (κ3) is 5.19. The highest BCUT2D eigenvalue weighted by Crippen LogP contribution is 2.18. The van der Waals surface area contributed by atoms with E-state index in [4.69, 9.17) is 4.52 Å². The van der Waals surface area contributed by atoms with Gasteiger partial charge in [-0.1, -0.05) is 5.16 Å². The molecule has 1 aromatic heterocycles. The van der Waals surface area contributed by atoms with Gasteiger partial charge in [0.25, 0.3) is 0 Å². The van der Waals surface area contributed by atoms with E-state index in [1.165, 1.54) is 7.05 Å². The van der Waals surface area contributed by atoms with Crippen LogP contribution in [0.4, 0.5) is 13.2 Å². The van der Waals surface area contributed by atoms with Crippen LogP contribution in [-0.4, -0.2) is 30.9 Å². The van der Waals surface area contributed by atoms with Crippen LogP contribution in [0, 0.1) is 13.8 Å². The number of aliphatic imine (C=N–C) groups is 1. The molecule has 1 aromatic rings. The third-order valence-corrected chi connectivity index (χ3v) is 2.54. The number of aromatic nitrogens is 1. The van der Waals surface area contributed by atoms with Gasteiger partial charge in [-0.05, 0) is 13.8 Å². The summed E-state index contributed by atoms with van der Waals surface area (Å²) in [4.78, 5) is 3.84. The fraction of sp³-hybridized carbons (Fsp3) is 0.636. The molecule has 108 valence electrons. The second-order valence-electron chi connectivity index (χ2n) is 4.02. The molecule has 0 unspecified atom stereocenters. The summed E-state index contributed by atoms with van der Waals surface area (Å²) in [6.07, 6.45) is -5.08. The SMILES string of the molecule is CN=C(NCCC(F)(F)F)NCc1c(C)noc1C. The van der Waals surface area contributed by atoms with Gasteiger partial charge in [0, 0.05) is 25.7 Å². The molecule has 0 saturated heterocycles. The zero-order valence-electron chi connectivity index (χ0n) is 11.1. The van der Waals surface area contributed by atoms with Crippen molar-refractivity contribution in [3.63, 3.8) is 0 Å². The average molecular weight is 278 g/mol. The number of halogens is 3. The highest BCUT2D eigenvalue weighted by molar-refractivity contribution is 5.79. The van der Waals surface area contributed by atoms with Crippen LogP contribution < -0.4 is 10.6 Å². The zero-order chi connectivity index (χ0) is 14.5. The Kier molecular flexibility index (Phi) is 5.20. The number of hydrogen-bond acceptors (Lipinski definition) is 3. The molecule has 1 rings (SSSR count). The van der Waals surface area contributed by atoms with Gasteiger partial charge in [0.2, 0.25) is 0 Å². The van der Waals surface area contributed by atoms with Gasteiger partial charge in [-0.15, -0.1) is 0 Å². The lowest BCUT2D eigenvalue weighted by atomic mass is 10.2. The minimum atomic E-state index is -4.17. The van der Waals surface area contributed by atoms with Crippen LogP contribution >= 0.6 is 0 Å². The topological polar surface area (TPSA) is 62.5 Å². The van der Waals surface area contributed by atoms with Crippen molar-refractivity contribution >= 4 is 5.96 Å². The normalized spacial score (nSPS) is 12.6. The number of nitrogens with zero attached hydrogens (tertiary/aromatic N) is 2. The Labute approximate surface area is 109 Å². The van der Waals surface area contributed by atoms with Gasteiger partial charge in [0.05, 0.1) is 12.1 Å². The lowest BCUT2D eigenvalue weighted by Gasteiger charge is -2.12. The van der Waals surface area contributed by atoms with Crippen molar-refractivity contribution in [3.05, 3.63) is 17.0 Å². The summed E-state index contributed by atoms with van der Waals surface area (Å²) in [5, 5.41) is 9.30. The molecular formula is C11H17F3N4O. The molecule has 0 aliphatic heterocycles. The summed E-state index contributed by atoms with van der Waals surface area (Å²) in [5.41, 5.74) is 1.62. The van der Waals surface area contributed by atoms with Crippen molar-refractivity contribution in [1.29, 1.82) is 0 Å². The number of nitrogens with one attached hydrogen (secondary N) is 2. The Hall–Kier alpha value is -1.73. The molecule has 0 fully saturated rings. The summed E-state index contributed by atoms with van der Waals surface area (Å²) >= 11 is 0. The first-order chi connectivity index (χ1) is 8.83. The Bertz CT molecular complexity index is 420. The molecule has 0 atom stereocenters. The van der Waals surface area contributed by atoms with Crippen LogP contribution in [0.2, 0.25) is 0 Å². The molecule has 0 bridgehead atoms. The van der Waals surface area contributed by atoms with E-state index in [2.05, 4.69) is 20.8 Å². The molecule has 5 nitrogen and oxygen atoms in total. The molecule has 0 amide bonds. The minimum Gasteiger partial charge on any atom is -0.361 e. The van der Waals surface area contributed by atoms with Crippen molar-refractivity contribution in [2.24, 2.45) is 4.99 Å². The monoisotopic (exact) mass is 278 g/mol. The van der Waals surface area contributed by atoms with Crippen molar-refractivity contribution in [1.82, 2.24) is 15.8 Å². The first kappa shape index (κ1) is 15.3. The van der Waals surface area contributed by atoms with Gasteiger partial charge in [-0.2, -0.15) is 13.2 Å². The van der Waals surface area contributed by atoms with Gasteiger partial charge in [-0.3, -0.25) is 4.99 Å². The van der Waals surface area contributed by atoms with Crippen molar-refractivity contribution in [2.45, 2.75) is 33.0 Å². The van der Waals surface area contributed by atoms with Gasteiger partial charge in [-0.25, -0.2) is 0 Å². The number of alkyl halides is 3. The standard InChI is InChI=1S/C11H17F3N4O/c1-7-9(8(2)19-18-7)6-17-10(15-3)16-5-4-11(12,13)14/h4-6H2,1-3H3,(H2,15,16,17). The number of hydrogen-bond donors (Lipinski definition) is 2. The summed E-state index contributed by atoms with van der Waals surface area (Å²) in [6.45, 7) is 3.75. The molecule has 19 heavy (non-hydrogen) atoms. The van der Waals surface area contributed by atoms with Crippen molar-refractivity contribution in [3.8, 4) is 0 Å². The fourth-order valence-electron chi connectivity index (χ4n) is 1.47. The predicted molar refractivity (Wildman–Crippen MR) is 64.9 cm³/mol. The lowest BCUT2D eigenvalue weighted by Crippen LogP contribution is -2.38. The van der Waals surface area contributed by atoms with Gasteiger partial charge >= 0.3 is 6.18 Å². The second-order valence-corrected chi connectivity index (χ2v) is 4.02. The van der Waals surface area contributed by atoms with Crippen molar-refractivity contribution < 1.29 is 17.7 Å². The summed E-state index contributed by atoms with van der Waals surface area (Å²) in [7, 11) is 1.50. The maximum Gasteiger partial charge on any atom is 0.390 e. The van der Waals surface area contributed by atoms with E-state index in [0.29, 0.717) is 18.3 Å². The van der Waals surface area contributed by atoms with Gasteiger partial charge in [0.15, 0.2) is 5.96 Å². The Balaban J connectivity index is 2.42. The largest absolute Gasteiger partial charge is 0.390 e. The zero-order valence-corrected chi connectivity index (χ0v) is 11.1. The highest BCUT2D eigenvalue weighted by Gasteiger charge is 2.26. The Morgan fingerprint density at radius 2 is 2.00 bits per heavy atom. The molecule has 0 saturated carbocycles. The molecule has 0 aromatic carbocycles. The van der Waals surface area contributed by atoms with E-state index in [-0.39, 0.29) is 6.54 Å². The van der Waals surface area contributed by atoms with Crippen molar-refractivity contribution in [2.75, 3.05) is 13.6 Å². The molecule has 2 N–H and O–H groups in total. The maximum atomic E-state index is 12.0. The second kappa shape index (κ2) is 6.44. The van der Waals surface area contributed by atoms with Crippen LogP contribution in [0.1, 0.15) is 23.4 Å². The van der Waals surface area contributed by atoms with Crippen LogP contribution in [0.3, 0.4) is 0 Å². The Morgan fingerprint density at radius 3 is 2.47 bits per heavy atom. The first-order valence-corrected chi connectivity index (χ1v) is 5.76. The number of rotatable bonds is 4. The molecule has 1 heterocycles. The Morgan fingerprint density at radius 1 is 1.32 bits per heavy atom. The van der Waals surface area contributed by atoms with E-state index < -0.39 is 12.6 Å².